The molecule has 128 valence electrons. The fourth-order valence-corrected chi connectivity index (χ4v) is 3.96. The molecule has 0 aliphatic carbocycles. The molecule has 1 aromatic heterocycles. The molecule has 7 nitrogen and oxygen atoms in total. The van der Waals surface area contributed by atoms with Gasteiger partial charge in [0.05, 0.1) is 16.9 Å². The topological polar surface area (TPSA) is 93.1 Å². The number of nitrogens with zero attached hydrogens (tertiary/aromatic N) is 4. The first-order valence-electron chi connectivity index (χ1n) is 7.80. The molecule has 1 aliphatic heterocycles. The summed E-state index contributed by atoms with van der Waals surface area (Å²) in [5.74, 6) is 0.766. The summed E-state index contributed by atoms with van der Waals surface area (Å²) in [6.45, 7) is 6.38. The van der Waals surface area contributed by atoms with Crippen molar-refractivity contribution < 1.29 is 13.2 Å². The van der Waals surface area contributed by atoms with E-state index in [1.165, 1.54) is 12.7 Å². The Bertz CT molecular complexity index is 632. The van der Waals surface area contributed by atoms with Gasteiger partial charge in [-0.15, -0.1) is 0 Å². The van der Waals surface area contributed by atoms with Crippen LogP contribution in [0.3, 0.4) is 0 Å². The lowest BCUT2D eigenvalue weighted by atomic mass is 9.99. The van der Waals surface area contributed by atoms with Gasteiger partial charge in [-0.2, -0.15) is 0 Å². The van der Waals surface area contributed by atoms with Crippen LogP contribution in [0.25, 0.3) is 0 Å². The number of hydrogen-bond acceptors (Lipinski definition) is 6. The van der Waals surface area contributed by atoms with Crippen LogP contribution in [0, 0.1) is 5.92 Å². The lowest BCUT2D eigenvalue weighted by Gasteiger charge is -2.33. The van der Waals surface area contributed by atoms with E-state index in [9.17, 15) is 13.2 Å². The van der Waals surface area contributed by atoms with Crippen molar-refractivity contribution in [3.63, 3.8) is 0 Å². The minimum absolute atomic E-state index is 0.0201. The van der Waals surface area contributed by atoms with Crippen LogP contribution >= 0.6 is 0 Å². The third kappa shape index (κ3) is 4.70. The van der Waals surface area contributed by atoms with Crippen molar-refractivity contribution in [2.45, 2.75) is 44.8 Å². The van der Waals surface area contributed by atoms with Gasteiger partial charge in [0, 0.05) is 13.1 Å². The van der Waals surface area contributed by atoms with Gasteiger partial charge in [0.15, 0.2) is 9.84 Å². The van der Waals surface area contributed by atoms with E-state index >= 15 is 0 Å². The summed E-state index contributed by atoms with van der Waals surface area (Å²) in [6, 6.07) is 0. The van der Waals surface area contributed by atoms with E-state index in [2.05, 4.69) is 15.0 Å². The van der Waals surface area contributed by atoms with Crippen molar-refractivity contribution in [1.29, 1.82) is 0 Å². The minimum atomic E-state index is -3.11. The van der Waals surface area contributed by atoms with E-state index in [1.807, 2.05) is 0 Å². The summed E-state index contributed by atoms with van der Waals surface area (Å²) in [5.41, 5.74) is 0. The third-order valence-electron chi connectivity index (χ3n) is 4.21. The molecule has 0 radical (unpaired) electrons. The van der Waals surface area contributed by atoms with Gasteiger partial charge in [-0.1, -0.05) is 0 Å². The highest BCUT2D eigenvalue weighted by atomic mass is 32.2. The van der Waals surface area contributed by atoms with Gasteiger partial charge in [0.25, 0.3) is 0 Å². The Kier molecular flexibility index (Phi) is 5.33. The van der Waals surface area contributed by atoms with E-state index in [1.54, 1.807) is 25.7 Å². The van der Waals surface area contributed by atoms with Crippen LogP contribution < -0.4 is 0 Å². The van der Waals surface area contributed by atoms with Crippen LogP contribution in [0.2, 0.25) is 0 Å². The van der Waals surface area contributed by atoms with Crippen LogP contribution in [0.5, 0.6) is 0 Å². The Balaban J connectivity index is 1.85. The van der Waals surface area contributed by atoms with E-state index in [0.717, 1.165) is 12.8 Å². The predicted molar refractivity (Wildman–Crippen MR) is 86.4 cm³/mol. The Morgan fingerprint density at radius 1 is 1.22 bits per heavy atom. The zero-order valence-corrected chi connectivity index (χ0v) is 14.7. The SMILES string of the molecule is CC(C)(C)S(=O)(=O)CC1CCN(C(=O)Cc2ncncn2)CC1. The number of piperidine rings is 1. The number of sulfone groups is 1. The molecule has 0 aromatic carbocycles. The van der Waals surface area contributed by atoms with Crippen molar-refractivity contribution in [2.24, 2.45) is 5.92 Å². The molecule has 1 aliphatic rings. The molecule has 1 amide bonds. The molecular weight excluding hydrogens is 316 g/mol. The Hall–Kier alpha value is -1.57. The standard InChI is InChI=1S/C15H24N4O3S/c1-15(2,3)23(21,22)9-12-4-6-19(7-5-12)14(20)8-13-17-10-16-11-18-13/h10-12H,4-9H2,1-3H3. The van der Waals surface area contributed by atoms with Gasteiger partial charge in [-0.25, -0.2) is 23.4 Å². The number of carbonyl (C=O) groups excluding carboxylic acids is 1. The summed E-state index contributed by atoms with van der Waals surface area (Å²) in [6.07, 6.45) is 4.35. The number of hydrogen-bond donors (Lipinski definition) is 0. The molecule has 1 aromatic rings. The smallest absolute Gasteiger partial charge is 0.230 e. The fourth-order valence-electron chi connectivity index (χ4n) is 2.51. The molecule has 0 bridgehead atoms. The molecule has 0 spiro atoms. The Labute approximate surface area is 137 Å². The summed E-state index contributed by atoms with van der Waals surface area (Å²) in [4.78, 5) is 25.6. The van der Waals surface area contributed by atoms with E-state index in [0.29, 0.717) is 18.9 Å². The van der Waals surface area contributed by atoms with Crippen molar-refractivity contribution in [2.75, 3.05) is 18.8 Å². The van der Waals surface area contributed by atoms with Crippen LogP contribution in [-0.2, 0) is 21.1 Å². The molecule has 0 saturated carbocycles. The maximum absolute atomic E-state index is 12.3. The highest BCUT2D eigenvalue weighted by molar-refractivity contribution is 7.92. The number of amides is 1. The molecule has 1 saturated heterocycles. The number of likely N-dealkylation sites (tertiary alicyclic amines) is 1. The maximum atomic E-state index is 12.3. The van der Waals surface area contributed by atoms with Gasteiger partial charge < -0.3 is 4.90 Å². The van der Waals surface area contributed by atoms with E-state index < -0.39 is 14.6 Å². The Morgan fingerprint density at radius 3 is 2.30 bits per heavy atom. The molecule has 1 fully saturated rings. The first-order valence-corrected chi connectivity index (χ1v) is 9.45. The van der Waals surface area contributed by atoms with Crippen LogP contribution in [0.15, 0.2) is 12.7 Å². The fraction of sp³-hybridized carbons (Fsp3) is 0.733. The second-order valence-corrected chi connectivity index (χ2v) is 9.74. The van der Waals surface area contributed by atoms with Crippen molar-refractivity contribution in [3.05, 3.63) is 18.5 Å². The zero-order chi connectivity index (χ0) is 17.1. The summed E-state index contributed by atoms with van der Waals surface area (Å²) < 4.78 is 23.8. The average Bonchev–Trinajstić information content (AvgIpc) is 2.47. The first kappa shape index (κ1) is 17.8. The third-order valence-corrected chi connectivity index (χ3v) is 6.99. The van der Waals surface area contributed by atoms with Crippen LogP contribution in [-0.4, -0.2) is 57.8 Å². The van der Waals surface area contributed by atoms with Crippen LogP contribution in [0.1, 0.15) is 39.4 Å². The largest absolute Gasteiger partial charge is 0.342 e. The van der Waals surface area contributed by atoms with E-state index in [4.69, 9.17) is 0 Å². The van der Waals surface area contributed by atoms with Gasteiger partial charge in [-0.05, 0) is 39.5 Å². The molecule has 0 unspecified atom stereocenters. The second-order valence-electron chi connectivity index (χ2n) is 6.95. The minimum Gasteiger partial charge on any atom is -0.342 e. The van der Waals surface area contributed by atoms with Crippen LogP contribution in [0.4, 0.5) is 0 Å². The van der Waals surface area contributed by atoms with Crippen molar-refractivity contribution >= 4 is 15.7 Å². The Morgan fingerprint density at radius 2 is 1.78 bits per heavy atom. The molecule has 0 atom stereocenters. The summed E-state index contributed by atoms with van der Waals surface area (Å²) in [7, 11) is -3.11. The highest BCUT2D eigenvalue weighted by Gasteiger charge is 2.33. The molecule has 2 heterocycles. The average molecular weight is 340 g/mol. The maximum Gasteiger partial charge on any atom is 0.230 e. The van der Waals surface area contributed by atoms with E-state index in [-0.39, 0.29) is 24.0 Å². The molecule has 0 N–H and O–H groups in total. The van der Waals surface area contributed by atoms with Gasteiger partial charge >= 0.3 is 0 Å². The molecular formula is C15H24N4O3S. The first-order chi connectivity index (χ1) is 10.7. The van der Waals surface area contributed by atoms with Gasteiger partial charge in [0.2, 0.25) is 5.91 Å². The zero-order valence-electron chi connectivity index (χ0n) is 13.9. The van der Waals surface area contributed by atoms with Crippen molar-refractivity contribution in [1.82, 2.24) is 19.9 Å². The number of rotatable bonds is 4. The molecule has 2 rings (SSSR count). The molecule has 8 heteroatoms. The lowest BCUT2D eigenvalue weighted by molar-refractivity contribution is -0.131. The quantitative estimate of drug-likeness (QED) is 0.807. The number of aromatic nitrogens is 3. The second kappa shape index (κ2) is 6.90. The number of carbonyl (C=O) groups is 1. The lowest BCUT2D eigenvalue weighted by Crippen LogP contribution is -2.42. The summed E-state index contributed by atoms with van der Waals surface area (Å²) in [5, 5.41) is 0. The van der Waals surface area contributed by atoms with Gasteiger partial charge in [0.1, 0.15) is 18.5 Å². The monoisotopic (exact) mass is 340 g/mol. The van der Waals surface area contributed by atoms with Gasteiger partial charge in [-0.3, -0.25) is 4.79 Å². The molecule has 23 heavy (non-hydrogen) atoms. The summed E-state index contributed by atoms with van der Waals surface area (Å²) >= 11 is 0. The van der Waals surface area contributed by atoms with Crippen molar-refractivity contribution in [3.8, 4) is 0 Å². The highest BCUT2D eigenvalue weighted by Crippen LogP contribution is 2.25. The normalized spacial score (nSPS) is 17.3. The predicted octanol–water partition coefficient (Wildman–Crippen LogP) is 0.866.